The van der Waals surface area contributed by atoms with Crippen LogP contribution in [-0.4, -0.2) is 43.1 Å². The second-order valence-corrected chi connectivity index (χ2v) is 6.13. The largest absolute Gasteiger partial charge is 0.375 e. The average molecular weight is 268 g/mol. The third-order valence-electron chi connectivity index (χ3n) is 3.37. The van der Waals surface area contributed by atoms with E-state index in [0.29, 0.717) is 5.92 Å². The summed E-state index contributed by atoms with van der Waals surface area (Å²) in [6, 6.07) is 0. The molecule has 1 atom stereocenters. The van der Waals surface area contributed by atoms with E-state index in [0.717, 1.165) is 24.4 Å². The van der Waals surface area contributed by atoms with Crippen LogP contribution in [0.1, 0.15) is 34.3 Å². The van der Waals surface area contributed by atoms with Gasteiger partial charge in [-0.2, -0.15) is 0 Å². The van der Waals surface area contributed by atoms with Gasteiger partial charge in [-0.15, -0.1) is 11.3 Å². The molecule has 0 saturated heterocycles. The van der Waals surface area contributed by atoms with Gasteiger partial charge in [0.15, 0.2) is 0 Å². The summed E-state index contributed by atoms with van der Waals surface area (Å²) in [6.07, 6.45) is 3.47. The molecule has 4 nitrogen and oxygen atoms in total. The minimum atomic E-state index is 0.0385. The third-order valence-corrected chi connectivity index (χ3v) is 4.41. The lowest BCUT2D eigenvalue weighted by Gasteiger charge is -2.26. The van der Waals surface area contributed by atoms with Crippen molar-refractivity contribution in [1.82, 2.24) is 9.88 Å². The molecule has 1 aliphatic carbocycles. The molecular formula is C13H20N2O2S. The Morgan fingerprint density at radius 3 is 3.11 bits per heavy atom. The monoisotopic (exact) mass is 268 g/mol. The van der Waals surface area contributed by atoms with Gasteiger partial charge in [0, 0.05) is 31.5 Å². The first-order valence-corrected chi connectivity index (χ1v) is 7.12. The molecule has 0 bridgehead atoms. The number of ether oxygens (including phenoxy) is 1. The topological polar surface area (TPSA) is 42.4 Å². The Hall–Kier alpha value is -0.940. The molecule has 1 aliphatic rings. The van der Waals surface area contributed by atoms with E-state index in [1.54, 1.807) is 23.3 Å². The van der Waals surface area contributed by atoms with E-state index in [1.165, 1.54) is 17.0 Å². The first kappa shape index (κ1) is 13.5. The number of hydrogen-bond donors (Lipinski definition) is 0. The maximum Gasteiger partial charge on any atom is 0.248 e. The van der Waals surface area contributed by atoms with Crippen molar-refractivity contribution in [2.24, 2.45) is 0 Å². The van der Waals surface area contributed by atoms with Gasteiger partial charge in [-0.1, -0.05) is 0 Å². The Morgan fingerprint density at radius 2 is 2.39 bits per heavy atom. The smallest absolute Gasteiger partial charge is 0.248 e. The van der Waals surface area contributed by atoms with Gasteiger partial charge in [-0.25, -0.2) is 4.98 Å². The number of aromatic nitrogens is 1. The maximum absolute atomic E-state index is 11.7. The second kappa shape index (κ2) is 5.80. The lowest BCUT2D eigenvalue weighted by molar-refractivity contribution is -0.134. The standard InChI is InChI=1S/C13H20N2O2S/c1-9-14-13-10(5-4-6-11(13)18-9)7-15(2)12(16)8-17-3/h10H,4-8H2,1-3H3/t10-/m1/s1. The summed E-state index contributed by atoms with van der Waals surface area (Å²) < 4.78 is 4.88. The number of amides is 1. The van der Waals surface area contributed by atoms with Crippen LogP contribution >= 0.6 is 11.3 Å². The zero-order valence-electron chi connectivity index (χ0n) is 11.2. The summed E-state index contributed by atoms with van der Waals surface area (Å²) >= 11 is 1.80. The van der Waals surface area contributed by atoms with Crippen molar-refractivity contribution in [2.45, 2.75) is 32.1 Å². The Kier molecular flexibility index (Phi) is 4.35. The predicted molar refractivity (Wildman–Crippen MR) is 72.0 cm³/mol. The van der Waals surface area contributed by atoms with Gasteiger partial charge in [-0.05, 0) is 26.2 Å². The minimum absolute atomic E-state index is 0.0385. The van der Waals surface area contributed by atoms with Crippen LogP contribution in [0, 0.1) is 6.92 Å². The van der Waals surface area contributed by atoms with Gasteiger partial charge in [0.1, 0.15) is 6.61 Å². The van der Waals surface area contributed by atoms with Gasteiger partial charge in [0.25, 0.3) is 0 Å². The number of likely N-dealkylation sites (N-methyl/N-ethyl adjacent to an activating group) is 1. The molecule has 2 rings (SSSR count). The summed E-state index contributed by atoms with van der Waals surface area (Å²) in [4.78, 5) is 19.5. The summed E-state index contributed by atoms with van der Waals surface area (Å²) in [5.74, 6) is 0.432. The molecule has 0 saturated carbocycles. The van der Waals surface area contributed by atoms with Crippen molar-refractivity contribution in [1.29, 1.82) is 0 Å². The fraction of sp³-hybridized carbons (Fsp3) is 0.692. The number of carbonyl (C=O) groups is 1. The molecule has 1 aromatic heterocycles. The number of fused-ring (bicyclic) bond motifs is 1. The predicted octanol–water partition coefficient (Wildman–Crippen LogP) is 1.98. The number of hydrogen-bond acceptors (Lipinski definition) is 4. The fourth-order valence-electron chi connectivity index (χ4n) is 2.47. The van der Waals surface area contributed by atoms with Crippen molar-refractivity contribution in [3.05, 3.63) is 15.6 Å². The minimum Gasteiger partial charge on any atom is -0.375 e. The normalized spacial score (nSPS) is 18.5. The van der Waals surface area contributed by atoms with Crippen LogP contribution in [-0.2, 0) is 16.0 Å². The molecule has 0 aromatic carbocycles. The molecule has 0 N–H and O–H groups in total. The van der Waals surface area contributed by atoms with Crippen LogP contribution in [0.5, 0.6) is 0 Å². The quantitative estimate of drug-likeness (QED) is 0.838. The molecule has 1 aromatic rings. The van der Waals surface area contributed by atoms with E-state index < -0.39 is 0 Å². The van der Waals surface area contributed by atoms with Crippen LogP contribution in [0.4, 0.5) is 0 Å². The van der Waals surface area contributed by atoms with Crippen LogP contribution in [0.3, 0.4) is 0 Å². The Bertz CT molecular complexity index is 431. The van der Waals surface area contributed by atoms with Crippen LogP contribution in [0.25, 0.3) is 0 Å². The van der Waals surface area contributed by atoms with Crippen LogP contribution < -0.4 is 0 Å². The van der Waals surface area contributed by atoms with E-state index >= 15 is 0 Å². The molecule has 1 amide bonds. The summed E-state index contributed by atoms with van der Waals surface area (Å²) in [5.41, 5.74) is 1.22. The van der Waals surface area contributed by atoms with Crippen molar-refractivity contribution in [3.63, 3.8) is 0 Å². The molecule has 0 fully saturated rings. The van der Waals surface area contributed by atoms with Gasteiger partial charge in [-0.3, -0.25) is 4.79 Å². The maximum atomic E-state index is 11.7. The molecule has 0 spiro atoms. The lowest BCUT2D eigenvalue weighted by atomic mass is 9.90. The van der Waals surface area contributed by atoms with Crippen molar-refractivity contribution in [3.8, 4) is 0 Å². The first-order valence-electron chi connectivity index (χ1n) is 6.31. The highest BCUT2D eigenvalue weighted by atomic mass is 32.1. The van der Waals surface area contributed by atoms with Gasteiger partial charge >= 0.3 is 0 Å². The van der Waals surface area contributed by atoms with E-state index in [4.69, 9.17) is 4.74 Å². The molecule has 0 aliphatic heterocycles. The highest BCUT2D eigenvalue weighted by Crippen LogP contribution is 2.34. The zero-order valence-corrected chi connectivity index (χ0v) is 12.0. The Labute approximate surface area is 112 Å². The van der Waals surface area contributed by atoms with E-state index in [2.05, 4.69) is 11.9 Å². The number of nitrogens with zero attached hydrogens (tertiary/aromatic N) is 2. The lowest BCUT2D eigenvalue weighted by Crippen LogP contribution is -2.34. The van der Waals surface area contributed by atoms with Gasteiger partial charge in [0.2, 0.25) is 5.91 Å². The first-order chi connectivity index (χ1) is 8.61. The highest BCUT2D eigenvalue weighted by Gasteiger charge is 2.26. The summed E-state index contributed by atoms with van der Waals surface area (Å²) in [7, 11) is 3.39. The highest BCUT2D eigenvalue weighted by molar-refractivity contribution is 7.11. The molecule has 0 radical (unpaired) electrons. The Morgan fingerprint density at radius 1 is 1.61 bits per heavy atom. The zero-order chi connectivity index (χ0) is 13.1. The molecule has 5 heteroatoms. The number of carbonyl (C=O) groups excluding carboxylic acids is 1. The van der Waals surface area contributed by atoms with E-state index in [-0.39, 0.29) is 12.5 Å². The summed E-state index contributed by atoms with van der Waals surface area (Å²) in [5, 5.41) is 1.14. The van der Waals surface area contributed by atoms with Gasteiger partial charge < -0.3 is 9.64 Å². The summed E-state index contributed by atoms with van der Waals surface area (Å²) in [6.45, 7) is 2.96. The van der Waals surface area contributed by atoms with Crippen molar-refractivity contribution >= 4 is 17.2 Å². The molecule has 1 heterocycles. The average Bonchev–Trinajstić information content (AvgIpc) is 2.71. The van der Waals surface area contributed by atoms with Crippen LogP contribution in [0.2, 0.25) is 0 Å². The fourth-order valence-corrected chi connectivity index (χ4v) is 3.54. The van der Waals surface area contributed by atoms with Crippen molar-refractivity contribution in [2.75, 3.05) is 27.3 Å². The molecule has 18 heavy (non-hydrogen) atoms. The van der Waals surface area contributed by atoms with Crippen molar-refractivity contribution < 1.29 is 9.53 Å². The number of thiazole rings is 1. The SMILES string of the molecule is COCC(=O)N(C)C[C@H]1CCCc2sc(C)nc21. The van der Waals surface area contributed by atoms with Crippen LogP contribution in [0.15, 0.2) is 0 Å². The number of aryl methyl sites for hydroxylation is 2. The molecule has 0 unspecified atom stereocenters. The number of rotatable bonds is 4. The second-order valence-electron chi connectivity index (χ2n) is 4.84. The van der Waals surface area contributed by atoms with Gasteiger partial charge in [0.05, 0.1) is 10.7 Å². The van der Waals surface area contributed by atoms with E-state index in [9.17, 15) is 4.79 Å². The van der Waals surface area contributed by atoms with E-state index in [1.807, 2.05) is 7.05 Å². The molecular weight excluding hydrogens is 248 g/mol. The molecule has 100 valence electrons. The Balaban J connectivity index is 2.04. The number of methoxy groups -OCH3 is 1. The third kappa shape index (κ3) is 2.90.